The van der Waals surface area contributed by atoms with Crippen molar-refractivity contribution in [3.8, 4) is 5.75 Å². The summed E-state index contributed by atoms with van der Waals surface area (Å²) < 4.78 is 5.81. The number of likely N-dealkylation sites (tertiary alicyclic amines) is 1. The van der Waals surface area contributed by atoms with Crippen molar-refractivity contribution in [2.45, 2.75) is 45.6 Å². The molecular formula is C19H29NO2. The summed E-state index contributed by atoms with van der Waals surface area (Å²) in [6, 6.07) is 6.38. The molecule has 1 aliphatic heterocycles. The first-order valence-corrected chi connectivity index (χ1v) is 8.75. The number of piperidine rings is 1. The molecule has 1 aromatic rings. The molecule has 0 saturated carbocycles. The van der Waals surface area contributed by atoms with Crippen molar-refractivity contribution in [2.24, 2.45) is 11.8 Å². The van der Waals surface area contributed by atoms with E-state index in [1.54, 1.807) is 0 Å². The van der Waals surface area contributed by atoms with Gasteiger partial charge in [0.25, 0.3) is 0 Å². The molecule has 3 rings (SSSR count). The number of aryl methyl sites for hydroxylation is 2. The highest BCUT2D eigenvalue weighted by molar-refractivity contribution is 5.38. The highest BCUT2D eigenvalue weighted by atomic mass is 16.5. The Morgan fingerprint density at radius 3 is 2.68 bits per heavy atom. The van der Waals surface area contributed by atoms with E-state index in [1.807, 2.05) is 6.07 Å². The maximum atomic E-state index is 10.3. The molecule has 0 aromatic heterocycles. The molecule has 1 N–H and O–H groups in total. The molecule has 1 aromatic carbocycles. The van der Waals surface area contributed by atoms with E-state index in [1.165, 1.54) is 36.8 Å². The van der Waals surface area contributed by atoms with Crippen molar-refractivity contribution in [1.29, 1.82) is 0 Å². The molecule has 2 aliphatic rings. The zero-order valence-corrected chi connectivity index (χ0v) is 13.9. The van der Waals surface area contributed by atoms with Gasteiger partial charge < -0.3 is 14.7 Å². The average molecular weight is 303 g/mol. The number of β-amino-alcohol motifs (C(OH)–C–C–N with tert-alkyl or cyclic N) is 1. The predicted octanol–water partition coefficient (Wildman–Crippen LogP) is 2.89. The normalized spacial score (nSPS) is 26.7. The highest BCUT2D eigenvalue weighted by Crippen LogP contribution is 2.26. The van der Waals surface area contributed by atoms with Crippen molar-refractivity contribution in [1.82, 2.24) is 4.90 Å². The summed E-state index contributed by atoms with van der Waals surface area (Å²) in [4.78, 5) is 2.38. The Labute approximate surface area is 134 Å². The summed E-state index contributed by atoms with van der Waals surface area (Å²) in [5.41, 5.74) is 2.88. The largest absolute Gasteiger partial charge is 0.491 e. The molecule has 1 heterocycles. The molecular weight excluding hydrogens is 274 g/mol. The third-order valence-corrected chi connectivity index (χ3v) is 4.93. The lowest BCUT2D eigenvalue weighted by atomic mass is 9.92. The smallest absolute Gasteiger partial charge is 0.119 e. The van der Waals surface area contributed by atoms with E-state index in [0.717, 1.165) is 37.2 Å². The Morgan fingerprint density at radius 1 is 1.18 bits per heavy atom. The van der Waals surface area contributed by atoms with E-state index in [9.17, 15) is 5.11 Å². The zero-order valence-electron chi connectivity index (χ0n) is 13.9. The SMILES string of the molecule is C[C@H]1C[C@H](C)CN(C[C@@H](O)COc2ccc3c(c2)CCC3)C1. The van der Waals surface area contributed by atoms with Gasteiger partial charge in [-0.1, -0.05) is 19.9 Å². The van der Waals surface area contributed by atoms with Crippen molar-refractivity contribution in [3.63, 3.8) is 0 Å². The maximum Gasteiger partial charge on any atom is 0.119 e. The first-order valence-electron chi connectivity index (χ1n) is 8.75. The third-order valence-electron chi connectivity index (χ3n) is 4.93. The fourth-order valence-corrected chi connectivity index (χ4v) is 4.12. The molecule has 0 radical (unpaired) electrons. The molecule has 1 saturated heterocycles. The Kier molecular flexibility index (Phi) is 5.04. The topological polar surface area (TPSA) is 32.7 Å². The van der Waals surface area contributed by atoms with Gasteiger partial charge in [-0.05, 0) is 60.8 Å². The fraction of sp³-hybridized carbons (Fsp3) is 0.684. The number of aliphatic hydroxyl groups is 1. The van der Waals surface area contributed by atoms with Crippen LogP contribution in [0.3, 0.4) is 0 Å². The second-order valence-electron chi connectivity index (χ2n) is 7.41. The number of ether oxygens (including phenoxy) is 1. The van der Waals surface area contributed by atoms with Gasteiger partial charge in [0.05, 0.1) is 0 Å². The number of fused-ring (bicyclic) bond motifs is 1. The molecule has 0 amide bonds. The zero-order chi connectivity index (χ0) is 15.5. The molecule has 22 heavy (non-hydrogen) atoms. The van der Waals surface area contributed by atoms with E-state index in [0.29, 0.717) is 6.61 Å². The van der Waals surface area contributed by atoms with Gasteiger partial charge in [0.15, 0.2) is 0 Å². The van der Waals surface area contributed by atoms with Crippen LogP contribution >= 0.6 is 0 Å². The third kappa shape index (κ3) is 4.02. The minimum absolute atomic E-state index is 0.387. The number of benzene rings is 1. The van der Waals surface area contributed by atoms with Crippen molar-refractivity contribution >= 4 is 0 Å². The van der Waals surface area contributed by atoms with E-state index < -0.39 is 6.10 Å². The molecule has 0 unspecified atom stereocenters. The Bertz CT molecular complexity index is 492. The molecule has 0 spiro atoms. The molecule has 0 bridgehead atoms. The van der Waals surface area contributed by atoms with Crippen molar-refractivity contribution in [3.05, 3.63) is 29.3 Å². The van der Waals surface area contributed by atoms with Crippen LogP contribution < -0.4 is 4.74 Å². The molecule has 1 aliphatic carbocycles. The van der Waals surface area contributed by atoms with Crippen LogP contribution in [0.4, 0.5) is 0 Å². The lowest BCUT2D eigenvalue weighted by Crippen LogP contribution is -2.44. The van der Waals surface area contributed by atoms with Crippen LogP contribution in [0.15, 0.2) is 18.2 Å². The van der Waals surface area contributed by atoms with E-state index in [4.69, 9.17) is 4.74 Å². The minimum atomic E-state index is -0.411. The second-order valence-corrected chi connectivity index (χ2v) is 7.41. The van der Waals surface area contributed by atoms with Crippen molar-refractivity contribution < 1.29 is 9.84 Å². The van der Waals surface area contributed by atoms with Gasteiger partial charge in [-0.3, -0.25) is 0 Å². The van der Waals surface area contributed by atoms with Crippen LogP contribution in [0, 0.1) is 11.8 Å². The summed E-state index contributed by atoms with van der Waals surface area (Å²) in [5, 5.41) is 10.3. The average Bonchev–Trinajstić information content (AvgIpc) is 2.91. The Balaban J connectivity index is 1.47. The van der Waals surface area contributed by atoms with Gasteiger partial charge in [-0.15, -0.1) is 0 Å². The summed E-state index contributed by atoms with van der Waals surface area (Å²) in [6.07, 6.45) is 4.51. The first kappa shape index (κ1) is 15.8. The van der Waals surface area contributed by atoms with E-state index >= 15 is 0 Å². The number of hydrogen-bond acceptors (Lipinski definition) is 3. The van der Waals surface area contributed by atoms with Gasteiger partial charge in [0.2, 0.25) is 0 Å². The number of nitrogens with zero attached hydrogens (tertiary/aromatic N) is 1. The standard InChI is InChI=1S/C19H29NO2/c1-14-8-15(2)11-20(10-14)12-18(21)13-22-19-7-6-16-4-3-5-17(16)9-19/h6-7,9,14-15,18,21H,3-5,8,10-13H2,1-2H3/t14-,15-,18+/m0/s1. The summed E-state index contributed by atoms with van der Waals surface area (Å²) >= 11 is 0. The van der Waals surface area contributed by atoms with Gasteiger partial charge in [-0.2, -0.15) is 0 Å². The van der Waals surface area contributed by atoms with Crippen LogP contribution in [0.2, 0.25) is 0 Å². The Morgan fingerprint density at radius 2 is 1.91 bits per heavy atom. The minimum Gasteiger partial charge on any atom is -0.491 e. The van der Waals surface area contributed by atoms with Crippen LogP contribution in [-0.4, -0.2) is 42.4 Å². The number of rotatable bonds is 5. The van der Waals surface area contributed by atoms with Crippen LogP contribution in [0.5, 0.6) is 5.75 Å². The van der Waals surface area contributed by atoms with Crippen LogP contribution in [0.1, 0.15) is 37.8 Å². The second kappa shape index (κ2) is 7.01. The lowest BCUT2D eigenvalue weighted by Gasteiger charge is -2.35. The molecule has 3 atom stereocenters. The summed E-state index contributed by atoms with van der Waals surface area (Å²) in [6.45, 7) is 7.91. The van der Waals surface area contributed by atoms with Gasteiger partial charge >= 0.3 is 0 Å². The highest BCUT2D eigenvalue weighted by Gasteiger charge is 2.23. The molecule has 1 fully saturated rings. The molecule has 3 heteroatoms. The fourth-order valence-electron chi connectivity index (χ4n) is 4.12. The molecule has 3 nitrogen and oxygen atoms in total. The Hall–Kier alpha value is -1.06. The van der Waals surface area contributed by atoms with Crippen LogP contribution in [0.25, 0.3) is 0 Å². The number of hydrogen-bond donors (Lipinski definition) is 1. The quantitative estimate of drug-likeness (QED) is 0.908. The van der Waals surface area contributed by atoms with E-state index in [2.05, 4.69) is 30.9 Å². The van der Waals surface area contributed by atoms with Gasteiger partial charge in [-0.25, -0.2) is 0 Å². The molecule has 122 valence electrons. The first-order chi connectivity index (χ1) is 10.6. The number of aliphatic hydroxyl groups excluding tert-OH is 1. The van der Waals surface area contributed by atoms with E-state index in [-0.39, 0.29) is 0 Å². The van der Waals surface area contributed by atoms with Gasteiger partial charge in [0, 0.05) is 19.6 Å². The predicted molar refractivity (Wildman–Crippen MR) is 89.4 cm³/mol. The summed E-state index contributed by atoms with van der Waals surface area (Å²) in [7, 11) is 0. The summed E-state index contributed by atoms with van der Waals surface area (Å²) in [5.74, 6) is 2.36. The van der Waals surface area contributed by atoms with Crippen LogP contribution in [-0.2, 0) is 12.8 Å². The van der Waals surface area contributed by atoms with Gasteiger partial charge in [0.1, 0.15) is 18.5 Å². The monoisotopic (exact) mass is 303 g/mol. The lowest BCUT2D eigenvalue weighted by molar-refractivity contribution is 0.0429. The maximum absolute atomic E-state index is 10.3. The van der Waals surface area contributed by atoms with Crippen molar-refractivity contribution in [2.75, 3.05) is 26.2 Å².